The van der Waals surface area contributed by atoms with Gasteiger partial charge in [0.05, 0.1) is 11.8 Å². The van der Waals surface area contributed by atoms with Gasteiger partial charge in [-0.2, -0.15) is 0 Å². The first kappa shape index (κ1) is 13.6. The van der Waals surface area contributed by atoms with Crippen molar-refractivity contribution in [3.05, 3.63) is 35.9 Å². The lowest BCUT2D eigenvalue weighted by atomic mass is 10.00. The Morgan fingerprint density at radius 3 is 2.53 bits per heavy atom. The van der Waals surface area contributed by atoms with E-state index in [1.807, 2.05) is 37.3 Å². The Morgan fingerprint density at radius 1 is 1.26 bits per heavy atom. The van der Waals surface area contributed by atoms with E-state index < -0.39 is 5.97 Å². The van der Waals surface area contributed by atoms with Crippen LogP contribution in [0, 0.1) is 5.92 Å². The van der Waals surface area contributed by atoms with Crippen molar-refractivity contribution >= 4 is 11.9 Å². The summed E-state index contributed by atoms with van der Waals surface area (Å²) >= 11 is 0. The SMILES string of the molecule is CC(C(=O)N[C@@H]1CC[C@H](C(=O)O)C1)c1ccccc1. The third-order valence-electron chi connectivity index (χ3n) is 3.82. The number of rotatable bonds is 4. The minimum atomic E-state index is -0.757. The highest BCUT2D eigenvalue weighted by Crippen LogP contribution is 2.26. The highest BCUT2D eigenvalue weighted by atomic mass is 16.4. The summed E-state index contributed by atoms with van der Waals surface area (Å²) in [7, 11) is 0. The van der Waals surface area contributed by atoms with Gasteiger partial charge in [0.1, 0.15) is 0 Å². The van der Waals surface area contributed by atoms with Crippen LogP contribution in [0.25, 0.3) is 0 Å². The van der Waals surface area contributed by atoms with Crippen LogP contribution in [-0.4, -0.2) is 23.0 Å². The van der Waals surface area contributed by atoms with E-state index in [0.29, 0.717) is 12.8 Å². The Kier molecular flexibility index (Phi) is 4.20. The standard InChI is InChI=1S/C15H19NO3/c1-10(11-5-3-2-4-6-11)14(17)16-13-8-7-12(9-13)15(18)19/h2-6,10,12-13H,7-9H2,1H3,(H,16,17)(H,18,19)/t10?,12-,13+/m0/s1. The summed E-state index contributed by atoms with van der Waals surface area (Å²) in [6.07, 6.45) is 1.95. The van der Waals surface area contributed by atoms with Crippen LogP contribution in [0.3, 0.4) is 0 Å². The molecule has 0 heterocycles. The van der Waals surface area contributed by atoms with Gasteiger partial charge in [0.25, 0.3) is 0 Å². The molecule has 4 heteroatoms. The van der Waals surface area contributed by atoms with Crippen LogP contribution >= 0.6 is 0 Å². The number of carbonyl (C=O) groups is 2. The van der Waals surface area contributed by atoms with Crippen molar-refractivity contribution in [2.75, 3.05) is 0 Å². The lowest BCUT2D eigenvalue weighted by molar-refractivity contribution is -0.141. The average Bonchev–Trinajstić information content (AvgIpc) is 2.87. The summed E-state index contributed by atoms with van der Waals surface area (Å²) < 4.78 is 0. The van der Waals surface area contributed by atoms with Gasteiger partial charge in [-0.05, 0) is 31.7 Å². The molecular formula is C15H19NO3. The first-order valence-electron chi connectivity index (χ1n) is 6.66. The van der Waals surface area contributed by atoms with Crippen molar-refractivity contribution in [3.63, 3.8) is 0 Å². The summed E-state index contributed by atoms with van der Waals surface area (Å²) in [6, 6.07) is 9.60. The fourth-order valence-corrected chi connectivity index (χ4v) is 2.56. The topological polar surface area (TPSA) is 66.4 Å². The zero-order valence-electron chi connectivity index (χ0n) is 11.0. The molecule has 1 saturated carbocycles. The fraction of sp³-hybridized carbons (Fsp3) is 0.467. The number of amides is 1. The second-order valence-electron chi connectivity index (χ2n) is 5.19. The molecule has 2 rings (SSSR count). The molecule has 0 saturated heterocycles. The van der Waals surface area contributed by atoms with Crippen LogP contribution in [0.2, 0.25) is 0 Å². The predicted molar refractivity (Wildman–Crippen MR) is 71.8 cm³/mol. The van der Waals surface area contributed by atoms with Gasteiger partial charge in [0, 0.05) is 6.04 Å². The first-order valence-corrected chi connectivity index (χ1v) is 6.66. The fourth-order valence-electron chi connectivity index (χ4n) is 2.56. The maximum atomic E-state index is 12.1. The Bertz CT molecular complexity index is 458. The van der Waals surface area contributed by atoms with Crippen molar-refractivity contribution in [3.8, 4) is 0 Å². The van der Waals surface area contributed by atoms with Gasteiger partial charge < -0.3 is 10.4 Å². The van der Waals surface area contributed by atoms with Crippen LogP contribution in [0.5, 0.6) is 0 Å². The van der Waals surface area contributed by atoms with Crippen molar-refractivity contribution < 1.29 is 14.7 Å². The minimum absolute atomic E-state index is 0.000220. The molecular weight excluding hydrogens is 242 g/mol. The van der Waals surface area contributed by atoms with Crippen molar-refractivity contribution in [1.82, 2.24) is 5.32 Å². The molecule has 1 unspecified atom stereocenters. The number of carboxylic acid groups (broad SMARTS) is 1. The van der Waals surface area contributed by atoms with Crippen LogP contribution < -0.4 is 5.32 Å². The van der Waals surface area contributed by atoms with Gasteiger partial charge in [0.2, 0.25) is 5.91 Å². The molecule has 0 spiro atoms. The molecule has 0 radical (unpaired) electrons. The number of nitrogens with one attached hydrogen (secondary N) is 1. The van der Waals surface area contributed by atoms with Gasteiger partial charge in [-0.25, -0.2) is 0 Å². The normalized spacial score (nSPS) is 23.8. The van der Waals surface area contributed by atoms with Crippen LogP contribution in [0.15, 0.2) is 30.3 Å². The molecule has 19 heavy (non-hydrogen) atoms. The summed E-state index contributed by atoms with van der Waals surface area (Å²) in [4.78, 5) is 23.0. The summed E-state index contributed by atoms with van der Waals surface area (Å²) in [5.74, 6) is -1.29. The molecule has 1 amide bonds. The van der Waals surface area contributed by atoms with Crippen molar-refractivity contribution in [2.24, 2.45) is 5.92 Å². The van der Waals surface area contributed by atoms with Crippen LogP contribution in [0.1, 0.15) is 37.7 Å². The van der Waals surface area contributed by atoms with Gasteiger partial charge in [-0.1, -0.05) is 30.3 Å². The number of benzene rings is 1. The predicted octanol–water partition coefficient (Wildman–Crippen LogP) is 2.16. The number of hydrogen-bond donors (Lipinski definition) is 2. The second-order valence-corrected chi connectivity index (χ2v) is 5.19. The van der Waals surface area contributed by atoms with Crippen molar-refractivity contribution in [1.29, 1.82) is 0 Å². The Hall–Kier alpha value is -1.84. The van der Waals surface area contributed by atoms with E-state index in [1.165, 1.54) is 0 Å². The van der Waals surface area contributed by atoms with E-state index in [2.05, 4.69) is 5.32 Å². The molecule has 4 nitrogen and oxygen atoms in total. The van der Waals surface area contributed by atoms with Crippen LogP contribution in [-0.2, 0) is 9.59 Å². The molecule has 1 aliphatic carbocycles. The molecule has 1 aliphatic rings. The quantitative estimate of drug-likeness (QED) is 0.872. The van der Waals surface area contributed by atoms with E-state index in [-0.39, 0.29) is 23.8 Å². The third-order valence-corrected chi connectivity index (χ3v) is 3.82. The molecule has 0 bridgehead atoms. The Balaban J connectivity index is 1.90. The molecule has 1 aromatic rings. The molecule has 0 aromatic heterocycles. The summed E-state index contributed by atoms with van der Waals surface area (Å²) in [5, 5.41) is 11.9. The highest BCUT2D eigenvalue weighted by molar-refractivity contribution is 5.83. The molecule has 1 fully saturated rings. The molecule has 1 aromatic carbocycles. The maximum absolute atomic E-state index is 12.1. The summed E-state index contributed by atoms with van der Waals surface area (Å²) in [6.45, 7) is 1.87. The Labute approximate surface area is 112 Å². The van der Waals surface area contributed by atoms with E-state index in [1.54, 1.807) is 0 Å². The van der Waals surface area contributed by atoms with Gasteiger partial charge in [-0.15, -0.1) is 0 Å². The number of aliphatic carboxylic acids is 1. The zero-order chi connectivity index (χ0) is 13.8. The van der Waals surface area contributed by atoms with Crippen LogP contribution in [0.4, 0.5) is 0 Å². The highest BCUT2D eigenvalue weighted by Gasteiger charge is 2.31. The molecule has 2 N–H and O–H groups in total. The Morgan fingerprint density at radius 2 is 1.95 bits per heavy atom. The number of hydrogen-bond acceptors (Lipinski definition) is 2. The average molecular weight is 261 g/mol. The van der Waals surface area contributed by atoms with E-state index in [4.69, 9.17) is 5.11 Å². The smallest absolute Gasteiger partial charge is 0.306 e. The van der Waals surface area contributed by atoms with E-state index in [0.717, 1.165) is 12.0 Å². The van der Waals surface area contributed by atoms with Gasteiger partial charge >= 0.3 is 5.97 Å². The zero-order valence-corrected chi connectivity index (χ0v) is 11.0. The minimum Gasteiger partial charge on any atom is -0.481 e. The van der Waals surface area contributed by atoms with E-state index in [9.17, 15) is 9.59 Å². The van der Waals surface area contributed by atoms with Gasteiger partial charge in [-0.3, -0.25) is 9.59 Å². The lowest BCUT2D eigenvalue weighted by Gasteiger charge is -2.17. The molecule has 0 aliphatic heterocycles. The lowest BCUT2D eigenvalue weighted by Crippen LogP contribution is -2.36. The second kappa shape index (κ2) is 5.87. The monoisotopic (exact) mass is 261 g/mol. The number of carboxylic acids is 1. The summed E-state index contributed by atoms with van der Waals surface area (Å²) in [5.41, 5.74) is 0.979. The van der Waals surface area contributed by atoms with Crippen molar-refractivity contribution in [2.45, 2.75) is 38.1 Å². The maximum Gasteiger partial charge on any atom is 0.306 e. The first-order chi connectivity index (χ1) is 9.08. The van der Waals surface area contributed by atoms with E-state index >= 15 is 0 Å². The molecule has 102 valence electrons. The third kappa shape index (κ3) is 3.34. The largest absolute Gasteiger partial charge is 0.481 e. The molecule has 3 atom stereocenters. The number of carbonyl (C=O) groups excluding carboxylic acids is 1. The van der Waals surface area contributed by atoms with Gasteiger partial charge in [0.15, 0.2) is 0 Å².